The van der Waals surface area contributed by atoms with Crippen LogP contribution in [-0.2, 0) is 9.59 Å². The van der Waals surface area contributed by atoms with E-state index in [1.807, 2.05) is 12.2 Å². The Morgan fingerprint density at radius 1 is 1.43 bits per heavy atom. The number of hydrogen-bond acceptors (Lipinski definition) is 3. The van der Waals surface area contributed by atoms with Gasteiger partial charge in [-0.25, -0.2) is 0 Å². The third-order valence-corrected chi connectivity index (χ3v) is 1.95. The average Bonchev–Trinajstić information content (AvgIpc) is 2.26. The van der Waals surface area contributed by atoms with Crippen LogP contribution in [0, 0.1) is 0 Å². The maximum Gasteiger partial charge on any atom is 0.234 e. The first-order valence-electron chi connectivity index (χ1n) is 4.60. The minimum Gasteiger partial charge on any atom is -0.348 e. The molecule has 0 saturated heterocycles. The van der Waals surface area contributed by atoms with Gasteiger partial charge in [-0.3, -0.25) is 9.59 Å². The Labute approximate surface area is 82.9 Å². The van der Waals surface area contributed by atoms with E-state index in [2.05, 4.69) is 5.32 Å². The molecule has 1 aliphatic rings. The molecular weight excluding hydrogens is 180 g/mol. The van der Waals surface area contributed by atoms with Crippen molar-refractivity contribution in [2.24, 2.45) is 5.73 Å². The number of nitrogens with one attached hydrogen (secondary N) is 1. The van der Waals surface area contributed by atoms with Crippen molar-refractivity contribution < 1.29 is 9.59 Å². The highest BCUT2D eigenvalue weighted by Crippen LogP contribution is 2.09. The molecule has 76 valence electrons. The molecule has 0 unspecified atom stereocenters. The molecule has 0 heterocycles. The van der Waals surface area contributed by atoms with E-state index in [0.717, 1.165) is 12.8 Å². The van der Waals surface area contributed by atoms with Gasteiger partial charge in [0.1, 0.15) is 0 Å². The lowest BCUT2D eigenvalue weighted by molar-refractivity contribution is -0.122. The molecule has 0 spiro atoms. The van der Waals surface area contributed by atoms with Crippen molar-refractivity contribution in [3.63, 3.8) is 0 Å². The SMILES string of the molecule is NCC(=O)NCC(=O)C1=CCCC=C1. The van der Waals surface area contributed by atoms with E-state index < -0.39 is 0 Å². The molecule has 0 saturated carbocycles. The van der Waals surface area contributed by atoms with Gasteiger partial charge in [0.25, 0.3) is 0 Å². The van der Waals surface area contributed by atoms with E-state index in [1.165, 1.54) is 0 Å². The van der Waals surface area contributed by atoms with Gasteiger partial charge in [-0.2, -0.15) is 0 Å². The first kappa shape index (κ1) is 10.7. The number of hydrogen-bond donors (Lipinski definition) is 2. The number of carbonyl (C=O) groups excluding carboxylic acids is 2. The summed E-state index contributed by atoms with van der Waals surface area (Å²) >= 11 is 0. The van der Waals surface area contributed by atoms with Gasteiger partial charge in [0.05, 0.1) is 13.1 Å². The molecule has 0 atom stereocenters. The van der Waals surface area contributed by atoms with Gasteiger partial charge in [-0.15, -0.1) is 0 Å². The second-order valence-corrected chi connectivity index (χ2v) is 3.04. The molecule has 0 aromatic heterocycles. The van der Waals surface area contributed by atoms with Crippen molar-refractivity contribution in [1.29, 1.82) is 0 Å². The lowest BCUT2D eigenvalue weighted by Crippen LogP contribution is -2.34. The minimum absolute atomic E-state index is 0.0339. The van der Waals surface area contributed by atoms with Gasteiger partial charge < -0.3 is 11.1 Å². The third kappa shape index (κ3) is 3.14. The Hall–Kier alpha value is -1.42. The zero-order valence-electron chi connectivity index (χ0n) is 7.95. The summed E-state index contributed by atoms with van der Waals surface area (Å²) in [6, 6.07) is 0. The van der Waals surface area contributed by atoms with Crippen LogP contribution in [0.25, 0.3) is 0 Å². The predicted octanol–water partition coefficient (Wildman–Crippen LogP) is -0.0932. The van der Waals surface area contributed by atoms with Gasteiger partial charge in [0, 0.05) is 5.57 Å². The third-order valence-electron chi connectivity index (χ3n) is 1.95. The lowest BCUT2D eigenvalue weighted by Gasteiger charge is -2.06. The van der Waals surface area contributed by atoms with E-state index in [1.54, 1.807) is 6.08 Å². The monoisotopic (exact) mass is 194 g/mol. The first-order valence-corrected chi connectivity index (χ1v) is 4.60. The first-order chi connectivity index (χ1) is 6.74. The second kappa shape index (κ2) is 5.34. The summed E-state index contributed by atoms with van der Waals surface area (Å²) in [4.78, 5) is 22.2. The zero-order chi connectivity index (χ0) is 10.4. The molecule has 0 aliphatic heterocycles. The summed E-state index contributed by atoms with van der Waals surface area (Å²) in [7, 11) is 0. The van der Waals surface area contributed by atoms with Crippen molar-refractivity contribution in [1.82, 2.24) is 5.32 Å². The smallest absolute Gasteiger partial charge is 0.234 e. The normalized spacial score (nSPS) is 14.8. The summed E-state index contributed by atoms with van der Waals surface area (Å²) in [6.07, 6.45) is 7.50. The topological polar surface area (TPSA) is 72.2 Å². The maximum absolute atomic E-state index is 11.4. The molecule has 0 bridgehead atoms. The van der Waals surface area contributed by atoms with E-state index in [4.69, 9.17) is 5.73 Å². The predicted molar refractivity (Wildman–Crippen MR) is 53.5 cm³/mol. The Kier molecular flexibility index (Phi) is 4.07. The van der Waals surface area contributed by atoms with Gasteiger partial charge >= 0.3 is 0 Å². The van der Waals surface area contributed by atoms with E-state index >= 15 is 0 Å². The highest BCUT2D eigenvalue weighted by molar-refractivity contribution is 6.01. The number of allylic oxidation sites excluding steroid dienone is 3. The van der Waals surface area contributed by atoms with Crippen LogP contribution in [0.1, 0.15) is 12.8 Å². The number of ketones is 1. The molecule has 1 amide bonds. The van der Waals surface area contributed by atoms with Gasteiger partial charge in [0.15, 0.2) is 5.78 Å². The maximum atomic E-state index is 11.4. The molecule has 1 aliphatic carbocycles. The number of nitrogens with two attached hydrogens (primary N) is 1. The molecule has 4 heteroatoms. The molecule has 0 fully saturated rings. The standard InChI is InChI=1S/C10H14N2O2/c11-6-10(14)12-7-9(13)8-4-2-1-3-5-8/h2,4-5H,1,3,6-7,11H2,(H,12,14). The highest BCUT2D eigenvalue weighted by Gasteiger charge is 2.08. The van der Waals surface area contributed by atoms with Gasteiger partial charge in [-0.1, -0.05) is 18.2 Å². The number of carbonyl (C=O) groups is 2. The van der Waals surface area contributed by atoms with Crippen LogP contribution in [0.3, 0.4) is 0 Å². The molecule has 0 radical (unpaired) electrons. The van der Waals surface area contributed by atoms with Crippen LogP contribution >= 0.6 is 0 Å². The van der Waals surface area contributed by atoms with Crippen LogP contribution < -0.4 is 11.1 Å². The fraction of sp³-hybridized carbons (Fsp3) is 0.400. The summed E-state index contributed by atoms with van der Waals surface area (Å²) in [5.41, 5.74) is 5.76. The average molecular weight is 194 g/mol. The van der Waals surface area contributed by atoms with E-state index in [9.17, 15) is 9.59 Å². The van der Waals surface area contributed by atoms with Gasteiger partial charge in [-0.05, 0) is 12.8 Å². The largest absolute Gasteiger partial charge is 0.348 e. The fourth-order valence-electron chi connectivity index (χ4n) is 1.17. The summed E-state index contributed by atoms with van der Waals surface area (Å²) in [6.45, 7) is -0.0472. The molecule has 1 rings (SSSR count). The van der Waals surface area contributed by atoms with Crippen molar-refractivity contribution >= 4 is 11.7 Å². The molecule has 3 N–H and O–H groups in total. The van der Waals surface area contributed by atoms with Crippen LogP contribution in [0.4, 0.5) is 0 Å². The zero-order valence-corrected chi connectivity index (χ0v) is 7.95. The fourth-order valence-corrected chi connectivity index (χ4v) is 1.17. The molecule has 0 aromatic carbocycles. The van der Waals surface area contributed by atoms with Crippen LogP contribution in [0.15, 0.2) is 23.8 Å². The number of Topliss-reactive ketones (excluding diaryl/α,β-unsaturated/α-hetero) is 1. The Balaban J connectivity index is 2.38. The molecule has 0 aromatic rings. The molecular formula is C10H14N2O2. The van der Waals surface area contributed by atoms with Crippen LogP contribution in [0.2, 0.25) is 0 Å². The van der Waals surface area contributed by atoms with Crippen molar-refractivity contribution in [3.8, 4) is 0 Å². The lowest BCUT2D eigenvalue weighted by atomic mass is 10.0. The minimum atomic E-state index is -0.307. The van der Waals surface area contributed by atoms with E-state index in [0.29, 0.717) is 5.57 Å². The Bertz CT molecular complexity index is 292. The summed E-state index contributed by atoms with van der Waals surface area (Å²) in [5.74, 6) is -0.374. The highest BCUT2D eigenvalue weighted by atomic mass is 16.2. The Morgan fingerprint density at radius 2 is 2.21 bits per heavy atom. The van der Waals surface area contributed by atoms with Crippen LogP contribution in [0.5, 0.6) is 0 Å². The molecule has 4 nitrogen and oxygen atoms in total. The second-order valence-electron chi connectivity index (χ2n) is 3.04. The Morgan fingerprint density at radius 3 is 2.79 bits per heavy atom. The van der Waals surface area contributed by atoms with E-state index in [-0.39, 0.29) is 24.8 Å². The van der Waals surface area contributed by atoms with Crippen molar-refractivity contribution in [2.75, 3.05) is 13.1 Å². The van der Waals surface area contributed by atoms with Gasteiger partial charge in [0.2, 0.25) is 5.91 Å². The quantitative estimate of drug-likeness (QED) is 0.656. The van der Waals surface area contributed by atoms with Crippen LogP contribution in [-0.4, -0.2) is 24.8 Å². The van der Waals surface area contributed by atoms with Crippen molar-refractivity contribution in [3.05, 3.63) is 23.8 Å². The number of rotatable bonds is 4. The summed E-state index contributed by atoms with van der Waals surface area (Å²) in [5, 5.41) is 2.44. The van der Waals surface area contributed by atoms with Crippen molar-refractivity contribution in [2.45, 2.75) is 12.8 Å². The molecule has 14 heavy (non-hydrogen) atoms. The summed E-state index contributed by atoms with van der Waals surface area (Å²) < 4.78 is 0. The number of amides is 1.